The lowest BCUT2D eigenvalue weighted by atomic mass is 10.0. The summed E-state index contributed by atoms with van der Waals surface area (Å²) in [6.45, 7) is 7.27. The quantitative estimate of drug-likeness (QED) is 0.652. The van der Waals surface area contributed by atoms with E-state index in [4.69, 9.17) is 14.7 Å². The number of ether oxygens (including phenoxy) is 2. The van der Waals surface area contributed by atoms with E-state index in [0.29, 0.717) is 30.4 Å². The molecular weight excluding hydrogens is 354 g/mol. The Balaban J connectivity index is 1.93. The fraction of sp³-hybridized carbons (Fsp3) is 0.316. The van der Waals surface area contributed by atoms with Crippen molar-refractivity contribution in [1.82, 2.24) is 0 Å². The third-order valence-corrected chi connectivity index (χ3v) is 4.07. The average Bonchev–Trinajstić information content (AvgIpc) is 2.52. The van der Waals surface area contributed by atoms with Gasteiger partial charge in [0.1, 0.15) is 24.7 Å². The van der Waals surface area contributed by atoms with Gasteiger partial charge in [0.2, 0.25) is 0 Å². The third-order valence-electron chi connectivity index (χ3n) is 3.45. The van der Waals surface area contributed by atoms with Crippen LogP contribution >= 0.6 is 15.9 Å². The molecule has 0 unspecified atom stereocenters. The van der Waals surface area contributed by atoms with Gasteiger partial charge < -0.3 is 9.47 Å². The van der Waals surface area contributed by atoms with E-state index in [1.807, 2.05) is 0 Å². The standard InChI is InChI=1S/C19H20BrNO2/c1-13(2)16-6-4-14(3)10-19(16)23-9-8-22-18-7-5-15(12-21)11-17(18)20/h4-7,10-11,13H,8-9H2,1-3H3. The second-order valence-corrected chi connectivity index (χ2v) is 6.50. The molecule has 4 heteroatoms. The molecule has 0 aliphatic rings. The van der Waals surface area contributed by atoms with Crippen LogP contribution in [0.5, 0.6) is 11.5 Å². The second kappa shape index (κ2) is 8.03. The average molecular weight is 374 g/mol. The Bertz CT molecular complexity index is 720. The van der Waals surface area contributed by atoms with E-state index in [9.17, 15) is 0 Å². The third kappa shape index (κ3) is 4.74. The summed E-state index contributed by atoms with van der Waals surface area (Å²) < 4.78 is 12.4. The van der Waals surface area contributed by atoms with E-state index in [1.165, 1.54) is 11.1 Å². The highest BCUT2D eigenvalue weighted by atomic mass is 79.9. The highest BCUT2D eigenvalue weighted by Crippen LogP contribution is 2.28. The van der Waals surface area contributed by atoms with Crippen molar-refractivity contribution in [3.63, 3.8) is 0 Å². The number of halogens is 1. The molecule has 0 fully saturated rings. The first kappa shape index (κ1) is 17.4. The van der Waals surface area contributed by atoms with Crippen LogP contribution < -0.4 is 9.47 Å². The highest BCUT2D eigenvalue weighted by Gasteiger charge is 2.08. The van der Waals surface area contributed by atoms with E-state index >= 15 is 0 Å². The van der Waals surface area contributed by atoms with Gasteiger partial charge >= 0.3 is 0 Å². The predicted octanol–water partition coefficient (Wildman–Crippen LogP) is 5.21. The summed E-state index contributed by atoms with van der Waals surface area (Å²) in [5.74, 6) is 2.04. The van der Waals surface area contributed by atoms with Gasteiger partial charge in [0.15, 0.2) is 0 Å². The maximum atomic E-state index is 8.85. The van der Waals surface area contributed by atoms with Crippen LogP contribution in [0.3, 0.4) is 0 Å². The van der Waals surface area contributed by atoms with E-state index in [1.54, 1.807) is 18.2 Å². The highest BCUT2D eigenvalue weighted by molar-refractivity contribution is 9.10. The first-order chi connectivity index (χ1) is 11.0. The van der Waals surface area contributed by atoms with Gasteiger partial charge in [-0.3, -0.25) is 0 Å². The number of nitriles is 1. The van der Waals surface area contributed by atoms with E-state index in [-0.39, 0.29) is 0 Å². The van der Waals surface area contributed by atoms with E-state index < -0.39 is 0 Å². The first-order valence-corrected chi connectivity index (χ1v) is 8.36. The number of hydrogen-bond donors (Lipinski definition) is 0. The molecule has 2 aromatic carbocycles. The molecule has 0 aliphatic heterocycles. The molecule has 0 saturated heterocycles. The van der Waals surface area contributed by atoms with Crippen LogP contribution in [-0.2, 0) is 0 Å². The lowest BCUT2D eigenvalue weighted by Crippen LogP contribution is -2.10. The van der Waals surface area contributed by atoms with Gasteiger partial charge in [0.25, 0.3) is 0 Å². The number of hydrogen-bond acceptors (Lipinski definition) is 3. The monoisotopic (exact) mass is 373 g/mol. The largest absolute Gasteiger partial charge is 0.490 e. The SMILES string of the molecule is Cc1ccc(C(C)C)c(OCCOc2ccc(C#N)cc2Br)c1. The Kier molecular flexibility index (Phi) is 6.06. The number of rotatable bonds is 6. The maximum absolute atomic E-state index is 8.85. The van der Waals surface area contributed by atoms with Crippen LogP contribution in [0, 0.1) is 18.3 Å². The molecule has 0 amide bonds. The summed E-state index contributed by atoms with van der Waals surface area (Å²) in [5, 5.41) is 8.85. The Morgan fingerprint density at radius 3 is 2.35 bits per heavy atom. The van der Waals surface area contributed by atoms with Crippen LogP contribution in [0.4, 0.5) is 0 Å². The zero-order valence-corrected chi connectivity index (χ0v) is 15.2. The van der Waals surface area contributed by atoms with E-state index in [0.717, 1.165) is 10.2 Å². The van der Waals surface area contributed by atoms with Gasteiger partial charge in [-0.15, -0.1) is 0 Å². The normalized spacial score (nSPS) is 10.4. The minimum atomic E-state index is 0.416. The topological polar surface area (TPSA) is 42.2 Å². The maximum Gasteiger partial charge on any atom is 0.133 e. The van der Waals surface area contributed by atoms with Gasteiger partial charge in [-0.2, -0.15) is 5.26 Å². The van der Waals surface area contributed by atoms with Gasteiger partial charge in [0, 0.05) is 0 Å². The molecule has 2 rings (SSSR count). The van der Waals surface area contributed by atoms with Gasteiger partial charge in [-0.25, -0.2) is 0 Å². The van der Waals surface area contributed by atoms with Crippen molar-refractivity contribution in [2.24, 2.45) is 0 Å². The fourth-order valence-electron chi connectivity index (χ4n) is 2.23. The van der Waals surface area contributed by atoms with Crippen LogP contribution in [0.25, 0.3) is 0 Å². The first-order valence-electron chi connectivity index (χ1n) is 7.57. The van der Waals surface area contributed by atoms with Crippen LogP contribution in [-0.4, -0.2) is 13.2 Å². The Hall–Kier alpha value is -1.99. The minimum absolute atomic E-state index is 0.416. The summed E-state index contributed by atoms with van der Waals surface area (Å²) in [5.41, 5.74) is 2.98. The summed E-state index contributed by atoms with van der Waals surface area (Å²) in [6, 6.07) is 13.6. The molecule has 0 spiro atoms. The molecule has 3 nitrogen and oxygen atoms in total. The molecule has 0 aliphatic carbocycles. The molecule has 0 atom stereocenters. The molecule has 0 radical (unpaired) electrons. The lowest BCUT2D eigenvalue weighted by molar-refractivity contribution is 0.214. The van der Waals surface area contributed by atoms with Gasteiger partial charge in [-0.05, 0) is 64.2 Å². The van der Waals surface area contributed by atoms with Crippen molar-refractivity contribution >= 4 is 15.9 Å². The second-order valence-electron chi connectivity index (χ2n) is 5.65. The number of aryl methyl sites for hydroxylation is 1. The Morgan fingerprint density at radius 2 is 1.74 bits per heavy atom. The van der Waals surface area contributed by atoms with Crippen LogP contribution in [0.2, 0.25) is 0 Å². The zero-order valence-electron chi connectivity index (χ0n) is 13.6. The van der Waals surface area contributed by atoms with Crippen LogP contribution in [0.1, 0.15) is 36.5 Å². The molecule has 0 bridgehead atoms. The van der Waals surface area contributed by atoms with Crippen molar-refractivity contribution in [1.29, 1.82) is 5.26 Å². The minimum Gasteiger partial charge on any atom is -0.490 e. The summed E-state index contributed by atoms with van der Waals surface area (Å²) in [7, 11) is 0. The van der Waals surface area contributed by atoms with Gasteiger partial charge in [-0.1, -0.05) is 26.0 Å². The molecular formula is C19H20BrNO2. The summed E-state index contributed by atoms with van der Waals surface area (Å²) >= 11 is 3.41. The molecule has 0 aromatic heterocycles. The molecule has 23 heavy (non-hydrogen) atoms. The summed E-state index contributed by atoms with van der Waals surface area (Å²) in [4.78, 5) is 0. The van der Waals surface area contributed by atoms with Crippen molar-refractivity contribution in [2.75, 3.05) is 13.2 Å². The fourth-order valence-corrected chi connectivity index (χ4v) is 2.73. The number of benzene rings is 2. The molecule has 0 saturated carbocycles. The van der Waals surface area contributed by atoms with Crippen molar-refractivity contribution in [2.45, 2.75) is 26.7 Å². The molecule has 0 heterocycles. The van der Waals surface area contributed by atoms with Crippen molar-refractivity contribution < 1.29 is 9.47 Å². The van der Waals surface area contributed by atoms with Gasteiger partial charge in [0.05, 0.1) is 16.1 Å². The van der Waals surface area contributed by atoms with E-state index in [2.05, 4.69) is 61.0 Å². The summed E-state index contributed by atoms with van der Waals surface area (Å²) in [6.07, 6.45) is 0. The molecule has 0 N–H and O–H groups in total. The van der Waals surface area contributed by atoms with Crippen molar-refractivity contribution in [3.05, 3.63) is 57.6 Å². The lowest BCUT2D eigenvalue weighted by Gasteiger charge is -2.15. The Labute approximate surface area is 146 Å². The predicted molar refractivity (Wildman–Crippen MR) is 95.1 cm³/mol. The zero-order chi connectivity index (χ0) is 16.8. The number of nitrogens with zero attached hydrogens (tertiary/aromatic N) is 1. The molecule has 2 aromatic rings. The Morgan fingerprint density at radius 1 is 1.04 bits per heavy atom. The smallest absolute Gasteiger partial charge is 0.133 e. The van der Waals surface area contributed by atoms with Crippen molar-refractivity contribution in [3.8, 4) is 17.6 Å². The molecule has 120 valence electrons. The van der Waals surface area contributed by atoms with Crippen LogP contribution in [0.15, 0.2) is 40.9 Å².